The number of hydrogen-bond acceptors (Lipinski definition) is 3. The molecule has 0 saturated heterocycles. The summed E-state index contributed by atoms with van der Waals surface area (Å²) in [5.41, 5.74) is 1.04. The number of alkyl halides is 2. The first-order valence-corrected chi connectivity index (χ1v) is 8.18. The Balaban J connectivity index is 2.05. The highest BCUT2D eigenvalue weighted by atomic mass is 19.3. The summed E-state index contributed by atoms with van der Waals surface area (Å²) in [6.45, 7) is 3.39. The molecule has 0 spiro atoms. The van der Waals surface area contributed by atoms with E-state index >= 15 is 0 Å². The van der Waals surface area contributed by atoms with Gasteiger partial charge in [0.05, 0.1) is 5.56 Å². The zero-order chi connectivity index (χ0) is 19.0. The van der Waals surface area contributed by atoms with E-state index in [0.29, 0.717) is 23.3 Å². The summed E-state index contributed by atoms with van der Waals surface area (Å²) in [7, 11) is 0. The number of aryl methyl sites for hydroxylation is 1. The summed E-state index contributed by atoms with van der Waals surface area (Å²) in [6.07, 6.45) is -1.29. The van der Waals surface area contributed by atoms with Gasteiger partial charge in [-0.15, -0.1) is 0 Å². The maximum atomic E-state index is 14.3. The molecule has 1 aromatic heterocycles. The summed E-state index contributed by atoms with van der Waals surface area (Å²) in [5, 5.41) is 0. The monoisotopic (exact) mass is 359 g/mol. The van der Waals surface area contributed by atoms with Gasteiger partial charge in [-0.25, -0.2) is 13.2 Å². The predicted molar refractivity (Wildman–Crippen MR) is 90.0 cm³/mol. The number of nitrogens with zero attached hydrogens (tertiary/aromatic N) is 1. The van der Waals surface area contributed by atoms with Gasteiger partial charge in [0.15, 0.2) is 11.6 Å². The molecule has 26 heavy (non-hydrogen) atoms. The predicted octanol–water partition coefficient (Wildman–Crippen LogP) is 4.80. The Labute approximate surface area is 148 Å². The molecule has 0 N–H and O–H groups in total. The SMILES string of the molecule is CCC1=C(Cc2ccc(C(F)F)cn2)C(=O)c2c(F)cc(C)cc2C1=O. The maximum Gasteiger partial charge on any atom is 0.265 e. The molecule has 0 bridgehead atoms. The van der Waals surface area contributed by atoms with E-state index in [0.717, 1.165) is 6.20 Å². The summed E-state index contributed by atoms with van der Waals surface area (Å²) in [5.74, 6) is -1.65. The van der Waals surface area contributed by atoms with Crippen molar-refractivity contribution >= 4 is 11.6 Å². The normalized spacial score (nSPS) is 14.2. The summed E-state index contributed by atoms with van der Waals surface area (Å²) < 4.78 is 39.6. The van der Waals surface area contributed by atoms with Crippen LogP contribution in [0.25, 0.3) is 0 Å². The first-order chi connectivity index (χ1) is 12.3. The van der Waals surface area contributed by atoms with Crippen LogP contribution in [-0.2, 0) is 6.42 Å². The summed E-state index contributed by atoms with van der Waals surface area (Å²) in [4.78, 5) is 29.5. The molecule has 0 saturated carbocycles. The second-order valence-corrected chi connectivity index (χ2v) is 6.20. The van der Waals surface area contributed by atoms with Gasteiger partial charge in [-0.05, 0) is 43.2 Å². The lowest BCUT2D eigenvalue weighted by molar-refractivity contribution is 0.0967. The van der Waals surface area contributed by atoms with Crippen LogP contribution in [0.1, 0.15) is 57.3 Å². The minimum Gasteiger partial charge on any atom is -0.289 e. The third-order valence-electron chi connectivity index (χ3n) is 4.43. The third kappa shape index (κ3) is 3.07. The van der Waals surface area contributed by atoms with Gasteiger partial charge < -0.3 is 0 Å². The maximum absolute atomic E-state index is 14.3. The Morgan fingerprint density at radius 3 is 2.38 bits per heavy atom. The number of rotatable bonds is 4. The van der Waals surface area contributed by atoms with Crippen molar-refractivity contribution in [2.75, 3.05) is 0 Å². The molecule has 0 amide bonds. The van der Waals surface area contributed by atoms with Gasteiger partial charge >= 0.3 is 0 Å². The van der Waals surface area contributed by atoms with Gasteiger partial charge in [0.1, 0.15) is 5.82 Å². The van der Waals surface area contributed by atoms with Crippen LogP contribution in [0.2, 0.25) is 0 Å². The van der Waals surface area contributed by atoms with E-state index in [1.165, 1.54) is 24.3 Å². The fourth-order valence-corrected chi connectivity index (χ4v) is 3.15. The van der Waals surface area contributed by atoms with Crippen LogP contribution < -0.4 is 0 Å². The van der Waals surface area contributed by atoms with Crippen molar-refractivity contribution < 1.29 is 22.8 Å². The number of fused-ring (bicyclic) bond motifs is 1. The average Bonchev–Trinajstić information content (AvgIpc) is 2.59. The van der Waals surface area contributed by atoms with Crippen molar-refractivity contribution in [1.29, 1.82) is 0 Å². The quantitative estimate of drug-likeness (QED) is 0.788. The second kappa shape index (κ2) is 6.86. The minimum atomic E-state index is -2.64. The van der Waals surface area contributed by atoms with Crippen LogP contribution in [0, 0.1) is 12.7 Å². The van der Waals surface area contributed by atoms with Crippen molar-refractivity contribution in [3.63, 3.8) is 0 Å². The summed E-state index contributed by atoms with van der Waals surface area (Å²) in [6, 6.07) is 5.35. The molecule has 0 atom stereocenters. The number of allylic oxidation sites excluding steroid dienone is 2. The number of aromatic nitrogens is 1. The van der Waals surface area contributed by atoms with Crippen LogP contribution in [0.15, 0.2) is 41.6 Å². The molecule has 0 unspecified atom stereocenters. The smallest absolute Gasteiger partial charge is 0.265 e. The van der Waals surface area contributed by atoms with Gasteiger partial charge in [0.2, 0.25) is 0 Å². The lowest BCUT2D eigenvalue weighted by atomic mass is 9.80. The molecule has 0 fully saturated rings. The lowest BCUT2D eigenvalue weighted by Crippen LogP contribution is -2.25. The molecule has 0 aliphatic heterocycles. The van der Waals surface area contributed by atoms with E-state index in [1.54, 1.807) is 13.8 Å². The molecule has 1 aromatic carbocycles. The summed E-state index contributed by atoms with van der Waals surface area (Å²) >= 11 is 0. The van der Waals surface area contributed by atoms with Crippen molar-refractivity contribution in [2.24, 2.45) is 0 Å². The molecule has 134 valence electrons. The molecule has 1 aliphatic rings. The Bertz CT molecular complexity index is 931. The number of halogens is 3. The van der Waals surface area contributed by atoms with Crippen molar-refractivity contribution in [1.82, 2.24) is 4.98 Å². The molecule has 6 heteroatoms. The zero-order valence-corrected chi connectivity index (χ0v) is 14.3. The number of ketones is 2. The van der Waals surface area contributed by atoms with Gasteiger partial charge in [0, 0.05) is 40.6 Å². The standard InChI is InChI=1S/C20H16F3NO2/c1-3-13-14(8-12-5-4-11(9-24-12)20(22)23)19(26)17-15(18(13)25)6-10(2)7-16(17)21/h4-7,9,20H,3,8H2,1-2H3. The molecule has 1 heterocycles. The van der Waals surface area contributed by atoms with Gasteiger partial charge in [0.25, 0.3) is 6.43 Å². The number of carbonyl (C=O) groups is 2. The highest BCUT2D eigenvalue weighted by molar-refractivity contribution is 6.27. The molecule has 3 nitrogen and oxygen atoms in total. The minimum absolute atomic E-state index is 0.00990. The fourth-order valence-electron chi connectivity index (χ4n) is 3.15. The number of Topliss-reactive ketones (excluding diaryl/α,β-unsaturated/α-hetero) is 2. The Kier molecular flexibility index (Phi) is 4.76. The van der Waals surface area contributed by atoms with E-state index < -0.39 is 18.0 Å². The molecular formula is C20H16F3NO2. The highest BCUT2D eigenvalue weighted by Gasteiger charge is 2.33. The van der Waals surface area contributed by atoms with Gasteiger partial charge in [-0.3, -0.25) is 14.6 Å². The number of benzene rings is 1. The molecule has 3 rings (SSSR count). The average molecular weight is 359 g/mol. The van der Waals surface area contributed by atoms with Crippen molar-refractivity contribution in [3.05, 3.63) is 75.4 Å². The Morgan fingerprint density at radius 1 is 1.08 bits per heavy atom. The number of hydrogen-bond donors (Lipinski definition) is 0. The number of carbonyl (C=O) groups excluding carboxylic acids is 2. The van der Waals surface area contributed by atoms with Crippen LogP contribution in [-0.4, -0.2) is 16.6 Å². The fraction of sp³-hybridized carbons (Fsp3) is 0.250. The van der Waals surface area contributed by atoms with E-state index in [9.17, 15) is 22.8 Å². The van der Waals surface area contributed by atoms with Crippen molar-refractivity contribution in [2.45, 2.75) is 33.1 Å². The molecular weight excluding hydrogens is 343 g/mol. The molecule has 1 aliphatic carbocycles. The third-order valence-corrected chi connectivity index (χ3v) is 4.43. The van der Waals surface area contributed by atoms with E-state index in [1.807, 2.05) is 0 Å². The van der Waals surface area contributed by atoms with Crippen LogP contribution in [0.5, 0.6) is 0 Å². The highest BCUT2D eigenvalue weighted by Crippen LogP contribution is 2.32. The van der Waals surface area contributed by atoms with Crippen LogP contribution in [0.3, 0.4) is 0 Å². The van der Waals surface area contributed by atoms with Gasteiger partial charge in [-0.2, -0.15) is 0 Å². The molecule has 0 radical (unpaired) electrons. The first kappa shape index (κ1) is 18.0. The largest absolute Gasteiger partial charge is 0.289 e. The van der Waals surface area contributed by atoms with Crippen molar-refractivity contribution in [3.8, 4) is 0 Å². The van der Waals surface area contributed by atoms with E-state index in [2.05, 4.69) is 4.98 Å². The topological polar surface area (TPSA) is 47.0 Å². The van der Waals surface area contributed by atoms with E-state index in [4.69, 9.17) is 0 Å². The van der Waals surface area contributed by atoms with Gasteiger partial charge in [-0.1, -0.05) is 6.92 Å². The first-order valence-electron chi connectivity index (χ1n) is 8.18. The lowest BCUT2D eigenvalue weighted by Gasteiger charge is -2.21. The Morgan fingerprint density at radius 2 is 1.81 bits per heavy atom. The molecule has 2 aromatic rings. The zero-order valence-electron chi connectivity index (χ0n) is 14.3. The van der Waals surface area contributed by atoms with Crippen LogP contribution >= 0.6 is 0 Å². The van der Waals surface area contributed by atoms with Crippen LogP contribution in [0.4, 0.5) is 13.2 Å². The second-order valence-electron chi connectivity index (χ2n) is 6.20. The number of pyridine rings is 1. The Hall–Kier alpha value is -2.76. The van der Waals surface area contributed by atoms with E-state index in [-0.39, 0.29) is 34.5 Å².